The molecular formula is C13H17IN2O3. The van der Waals surface area contributed by atoms with Gasteiger partial charge in [-0.05, 0) is 47.3 Å². The summed E-state index contributed by atoms with van der Waals surface area (Å²) in [5, 5.41) is 2.80. The second-order valence-corrected chi connectivity index (χ2v) is 5.18. The third-order valence-corrected chi connectivity index (χ3v) is 3.17. The maximum absolute atomic E-state index is 11.9. The lowest BCUT2D eigenvalue weighted by atomic mass is 10.3. The van der Waals surface area contributed by atoms with Crippen LogP contribution in [0.3, 0.4) is 0 Å². The van der Waals surface area contributed by atoms with Crippen LogP contribution in [0, 0.1) is 3.57 Å². The number of methoxy groups -OCH3 is 1. The molecule has 0 aromatic heterocycles. The highest BCUT2D eigenvalue weighted by molar-refractivity contribution is 14.1. The lowest BCUT2D eigenvalue weighted by molar-refractivity contribution is -0.142. The lowest BCUT2D eigenvalue weighted by Gasteiger charge is -2.18. The number of hydrogen-bond acceptors (Lipinski definition) is 4. The predicted molar refractivity (Wildman–Crippen MR) is 81.9 cm³/mol. The second-order valence-electron chi connectivity index (χ2n) is 3.94. The van der Waals surface area contributed by atoms with Gasteiger partial charge >= 0.3 is 5.97 Å². The zero-order chi connectivity index (χ0) is 14.3. The third kappa shape index (κ3) is 6.02. The van der Waals surface area contributed by atoms with E-state index in [1.165, 1.54) is 7.11 Å². The molecule has 104 valence electrons. The van der Waals surface area contributed by atoms with E-state index in [0.717, 1.165) is 9.26 Å². The molecule has 1 aromatic rings. The molecule has 0 spiro atoms. The molecule has 5 nitrogen and oxygen atoms in total. The number of likely N-dealkylation sites (N-methyl/N-ethyl adjacent to an activating group) is 1. The van der Waals surface area contributed by atoms with Crippen molar-refractivity contribution in [1.82, 2.24) is 4.90 Å². The Morgan fingerprint density at radius 1 is 1.37 bits per heavy atom. The van der Waals surface area contributed by atoms with Gasteiger partial charge in [0.25, 0.3) is 0 Å². The Bertz CT molecular complexity index is 451. The largest absolute Gasteiger partial charge is 0.468 e. The monoisotopic (exact) mass is 376 g/mol. The molecule has 0 heterocycles. The van der Waals surface area contributed by atoms with Gasteiger partial charge in [0.1, 0.15) is 0 Å². The van der Waals surface area contributed by atoms with Crippen LogP contribution in [0.5, 0.6) is 0 Å². The SMILES string of the molecule is CCN(CC(=O)Nc1cccc(I)c1)CC(=O)OC. The first-order valence-electron chi connectivity index (χ1n) is 5.89. The van der Waals surface area contributed by atoms with Gasteiger partial charge in [0.15, 0.2) is 0 Å². The molecule has 1 N–H and O–H groups in total. The average Bonchev–Trinajstić information content (AvgIpc) is 2.37. The first-order valence-corrected chi connectivity index (χ1v) is 6.97. The Balaban J connectivity index is 2.51. The second kappa shape index (κ2) is 8.11. The van der Waals surface area contributed by atoms with Crippen molar-refractivity contribution in [2.75, 3.05) is 32.1 Å². The van der Waals surface area contributed by atoms with E-state index in [1.807, 2.05) is 31.2 Å². The van der Waals surface area contributed by atoms with E-state index in [4.69, 9.17) is 0 Å². The molecule has 0 saturated heterocycles. The minimum Gasteiger partial charge on any atom is -0.468 e. The van der Waals surface area contributed by atoms with Crippen LogP contribution >= 0.6 is 22.6 Å². The number of rotatable bonds is 6. The fraction of sp³-hybridized carbons (Fsp3) is 0.385. The van der Waals surface area contributed by atoms with E-state index < -0.39 is 0 Å². The summed E-state index contributed by atoms with van der Waals surface area (Å²) in [6, 6.07) is 7.54. The highest BCUT2D eigenvalue weighted by atomic mass is 127. The summed E-state index contributed by atoms with van der Waals surface area (Å²) in [4.78, 5) is 24.7. The number of amides is 1. The first kappa shape index (κ1) is 15.9. The predicted octanol–water partition coefficient (Wildman–Crippen LogP) is 1.72. The van der Waals surface area contributed by atoms with Gasteiger partial charge in [-0.1, -0.05) is 13.0 Å². The van der Waals surface area contributed by atoms with Crippen molar-refractivity contribution < 1.29 is 14.3 Å². The van der Waals surface area contributed by atoms with Crippen LogP contribution in [0.25, 0.3) is 0 Å². The van der Waals surface area contributed by atoms with Crippen molar-refractivity contribution >= 4 is 40.2 Å². The van der Waals surface area contributed by atoms with E-state index in [1.54, 1.807) is 4.90 Å². The molecule has 0 aliphatic heterocycles. The molecule has 0 aliphatic carbocycles. The molecule has 6 heteroatoms. The average molecular weight is 376 g/mol. The number of carbonyl (C=O) groups is 2. The van der Waals surface area contributed by atoms with Gasteiger partial charge in [-0.15, -0.1) is 0 Å². The molecule has 1 aromatic carbocycles. The van der Waals surface area contributed by atoms with Gasteiger partial charge in [-0.2, -0.15) is 0 Å². The summed E-state index contributed by atoms with van der Waals surface area (Å²) in [5.41, 5.74) is 0.756. The maximum atomic E-state index is 11.9. The van der Waals surface area contributed by atoms with Crippen LogP contribution in [-0.4, -0.2) is 43.5 Å². The number of benzene rings is 1. The highest BCUT2D eigenvalue weighted by Crippen LogP contribution is 2.12. The minimum absolute atomic E-state index is 0.118. The number of nitrogens with one attached hydrogen (secondary N) is 1. The molecule has 0 saturated carbocycles. The molecule has 19 heavy (non-hydrogen) atoms. The third-order valence-electron chi connectivity index (χ3n) is 2.50. The van der Waals surface area contributed by atoms with Gasteiger partial charge in [0.2, 0.25) is 5.91 Å². The zero-order valence-corrected chi connectivity index (χ0v) is 13.1. The van der Waals surface area contributed by atoms with Crippen molar-refractivity contribution in [3.8, 4) is 0 Å². The summed E-state index contributed by atoms with van der Waals surface area (Å²) in [5.74, 6) is -0.489. The number of nitrogens with zero attached hydrogens (tertiary/aromatic N) is 1. The van der Waals surface area contributed by atoms with Crippen LogP contribution in [0.1, 0.15) is 6.92 Å². The smallest absolute Gasteiger partial charge is 0.319 e. The van der Waals surface area contributed by atoms with Crippen molar-refractivity contribution in [1.29, 1.82) is 0 Å². The van der Waals surface area contributed by atoms with Gasteiger partial charge in [0.05, 0.1) is 20.2 Å². The number of ether oxygens (including phenoxy) is 1. The van der Waals surface area contributed by atoms with Gasteiger partial charge in [-0.25, -0.2) is 0 Å². The number of esters is 1. The van der Waals surface area contributed by atoms with Crippen LogP contribution in [0.15, 0.2) is 24.3 Å². The standard InChI is InChI=1S/C13H17IN2O3/c1-3-16(9-13(18)19-2)8-12(17)15-11-6-4-5-10(14)7-11/h4-7H,3,8-9H2,1-2H3,(H,15,17). The summed E-state index contributed by atoms with van der Waals surface area (Å²) in [6.07, 6.45) is 0. The fourth-order valence-electron chi connectivity index (χ4n) is 1.50. The number of halogens is 1. The molecule has 1 rings (SSSR count). The van der Waals surface area contributed by atoms with Crippen LogP contribution in [0.4, 0.5) is 5.69 Å². The zero-order valence-electron chi connectivity index (χ0n) is 11.0. The quantitative estimate of drug-likeness (QED) is 0.607. The molecular weight excluding hydrogens is 359 g/mol. The number of carbonyl (C=O) groups excluding carboxylic acids is 2. The topological polar surface area (TPSA) is 58.6 Å². The Morgan fingerprint density at radius 3 is 2.68 bits per heavy atom. The van der Waals surface area contributed by atoms with E-state index in [9.17, 15) is 9.59 Å². The molecule has 0 bridgehead atoms. The van der Waals surface area contributed by atoms with Crippen LogP contribution in [0.2, 0.25) is 0 Å². The van der Waals surface area contributed by atoms with Gasteiger partial charge < -0.3 is 10.1 Å². The fourth-order valence-corrected chi connectivity index (χ4v) is 2.04. The summed E-state index contributed by atoms with van der Waals surface area (Å²) in [6.45, 7) is 2.78. The van der Waals surface area contributed by atoms with E-state index in [2.05, 4.69) is 32.6 Å². The minimum atomic E-state index is -0.344. The highest BCUT2D eigenvalue weighted by Gasteiger charge is 2.13. The number of hydrogen-bond donors (Lipinski definition) is 1. The normalized spacial score (nSPS) is 10.3. The van der Waals surface area contributed by atoms with Crippen LogP contribution in [-0.2, 0) is 14.3 Å². The lowest BCUT2D eigenvalue weighted by Crippen LogP contribution is -2.37. The van der Waals surface area contributed by atoms with E-state index >= 15 is 0 Å². The van der Waals surface area contributed by atoms with Crippen molar-refractivity contribution in [2.24, 2.45) is 0 Å². The summed E-state index contributed by atoms with van der Waals surface area (Å²) in [7, 11) is 1.34. The Kier molecular flexibility index (Phi) is 6.79. The maximum Gasteiger partial charge on any atom is 0.319 e. The number of anilines is 1. The molecule has 0 aliphatic rings. The first-order chi connectivity index (χ1) is 9.05. The molecule has 0 atom stereocenters. The summed E-state index contributed by atoms with van der Waals surface area (Å²) < 4.78 is 5.64. The Morgan fingerprint density at radius 2 is 2.11 bits per heavy atom. The van der Waals surface area contributed by atoms with Crippen LogP contribution < -0.4 is 5.32 Å². The molecule has 0 unspecified atom stereocenters. The van der Waals surface area contributed by atoms with E-state index in [-0.39, 0.29) is 25.0 Å². The van der Waals surface area contributed by atoms with Crippen molar-refractivity contribution in [3.05, 3.63) is 27.8 Å². The van der Waals surface area contributed by atoms with Gasteiger partial charge in [-0.3, -0.25) is 14.5 Å². The Labute approximate surface area is 126 Å². The van der Waals surface area contributed by atoms with Gasteiger partial charge in [0, 0.05) is 9.26 Å². The molecule has 1 amide bonds. The van der Waals surface area contributed by atoms with Crippen molar-refractivity contribution in [2.45, 2.75) is 6.92 Å². The van der Waals surface area contributed by atoms with E-state index in [0.29, 0.717) is 6.54 Å². The van der Waals surface area contributed by atoms with Crippen molar-refractivity contribution in [3.63, 3.8) is 0 Å². The molecule has 0 radical (unpaired) electrons. The Hall–Kier alpha value is -1.15. The molecule has 0 fully saturated rings. The summed E-state index contributed by atoms with van der Waals surface area (Å²) >= 11 is 2.18.